The number of aromatic nitrogens is 3. The Bertz CT molecular complexity index is 741. The Morgan fingerprint density at radius 3 is 2.95 bits per heavy atom. The quantitative estimate of drug-likeness (QED) is 0.804. The summed E-state index contributed by atoms with van der Waals surface area (Å²) in [5.74, 6) is 2.77. The average Bonchev–Trinajstić information content (AvgIpc) is 3.18. The molecule has 4 rings (SSSR count). The van der Waals surface area contributed by atoms with Crippen molar-refractivity contribution in [2.45, 2.75) is 25.8 Å². The molecule has 1 aliphatic rings. The second kappa shape index (κ2) is 5.93. The van der Waals surface area contributed by atoms with Crippen LogP contribution in [0.25, 0.3) is 11.2 Å². The molecular weight excluding hydrogens is 276 g/mol. The van der Waals surface area contributed by atoms with Crippen LogP contribution in [0.4, 0.5) is 0 Å². The fourth-order valence-corrected chi connectivity index (χ4v) is 3.23. The van der Waals surface area contributed by atoms with Gasteiger partial charge in [-0.2, -0.15) is 0 Å². The predicted octanol–water partition coefficient (Wildman–Crippen LogP) is 2.61. The minimum atomic E-state index is 0.695. The van der Waals surface area contributed by atoms with E-state index >= 15 is 0 Å². The van der Waals surface area contributed by atoms with E-state index in [-0.39, 0.29) is 0 Å². The fraction of sp³-hybridized carbons (Fsp3) is 0.412. The van der Waals surface area contributed by atoms with E-state index in [1.165, 1.54) is 12.8 Å². The lowest BCUT2D eigenvalue weighted by atomic mass is 9.94. The molecule has 5 nitrogen and oxygen atoms in total. The second-order valence-corrected chi connectivity index (χ2v) is 5.94. The second-order valence-electron chi connectivity index (χ2n) is 5.94. The number of nitrogens with zero attached hydrogens (tertiary/aromatic N) is 3. The summed E-state index contributed by atoms with van der Waals surface area (Å²) in [4.78, 5) is 9.35. The molecule has 0 radical (unpaired) electrons. The van der Waals surface area contributed by atoms with Crippen LogP contribution in [-0.4, -0.2) is 27.6 Å². The number of nitrogens with one attached hydrogen (secondary N) is 1. The number of hydrogen-bond donors (Lipinski definition) is 1. The zero-order valence-corrected chi connectivity index (χ0v) is 12.5. The molecule has 1 fully saturated rings. The summed E-state index contributed by atoms with van der Waals surface area (Å²) in [6, 6.07) is 7.91. The zero-order chi connectivity index (χ0) is 14.8. The smallest absolute Gasteiger partial charge is 0.160 e. The van der Waals surface area contributed by atoms with Crippen LogP contribution in [0.5, 0.6) is 0 Å². The first kappa shape index (κ1) is 13.5. The largest absolute Gasteiger partial charge is 0.467 e. The molecule has 1 saturated heterocycles. The van der Waals surface area contributed by atoms with Crippen LogP contribution < -0.4 is 5.32 Å². The maximum absolute atomic E-state index is 5.51. The minimum absolute atomic E-state index is 0.695. The third kappa shape index (κ3) is 2.64. The minimum Gasteiger partial charge on any atom is -0.467 e. The SMILES string of the molecule is c1coc(Cn2c(CC3CCNCC3)nc3cccnc32)c1. The zero-order valence-electron chi connectivity index (χ0n) is 12.5. The van der Waals surface area contributed by atoms with Crippen molar-refractivity contribution in [3.8, 4) is 0 Å². The van der Waals surface area contributed by atoms with Gasteiger partial charge in [-0.25, -0.2) is 9.97 Å². The van der Waals surface area contributed by atoms with Crippen LogP contribution >= 0.6 is 0 Å². The van der Waals surface area contributed by atoms with Gasteiger partial charge in [-0.05, 0) is 56.1 Å². The summed E-state index contributed by atoms with van der Waals surface area (Å²) in [7, 11) is 0. The maximum atomic E-state index is 5.51. The number of fused-ring (bicyclic) bond motifs is 1. The van der Waals surface area contributed by atoms with Gasteiger partial charge in [0, 0.05) is 12.6 Å². The molecule has 0 unspecified atom stereocenters. The molecule has 0 aromatic carbocycles. The molecule has 114 valence electrons. The third-order valence-corrected chi connectivity index (χ3v) is 4.41. The van der Waals surface area contributed by atoms with Gasteiger partial charge in [-0.1, -0.05) is 0 Å². The van der Waals surface area contributed by atoms with Crippen molar-refractivity contribution < 1.29 is 4.42 Å². The number of hydrogen-bond acceptors (Lipinski definition) is 4. The highest BCUT2D eigenvalue weighted by molar-refractivity contribution is 5.71. The first-order valence-corrected chi connectivity index (χ1v) is 7.93. The van der Waals surface area contributed by atoms with Gasteiger partial charge in [0.25, 0.3) is 0 Å². The van der Waals surface area contributed by atoms with Gasteiger partial charge in [0.05, 0.1) is 12.8 Å². The lowest BCUT2D eigenvalue weighted by Gasteiger charge is -2.22. The Kier molecular flexibility index (Phi) is 3.64. The summed E-state index contributed by atoms with van der Waals surface area (Å²) in [5, 5.41) is 3.42. The van der Waals surface area contributed by atoms with Gasteiger partial charge in [-0.15, -0.1) is 0 Å². The molecule has 0 bridgehead atoms. The van der Waals surface area contributed by atoms with Crippen molar-refractivity contribution in [3.63, 3.8) is 0 Å². The summed E-state index contributed by atoms with van der Waals surface area (Å²) in [6.07, 6.45) is 7.00. The normalized spacial score (nSPS) is 16.4. The van der Waals surface area contributed by atoms with Crippen LogP contribution in [0, 0.1) is 5.92 Å². The van der Waals surface area contributed by atoms with Crippen LogP contribution in [-0.2, 0) is 13.0 Å². The number of furan rings is 1. The summed E-state index contributed by atoms with van der Waals surface area (Å²) >= 11 is 0. The molecule has 5 heteroatoms. The fourth-order valence-electron chi connectivity index (χ4n) is 3.23. The van der Waals surface area contributed by atoms with Gasteiger partial charge in [0.15, 0.2) is 5.65 Å². The molecule has 0 amide bonds. The molecule has 1 N–H and O–H groups in total. The van der Waals surface area contributed by atoms with Gasteiger partial charge >= 0.3 is 0 Å². The Hall–Kier alpha value is -2.14. The lowest BCUT2D eigenvalue weighted by molar-refractivity contribution is 0.363. The monoisotopic (exact) mass is 296 g/mol. The third-order valence-electron chi connectivity index (χ3n) is 4.41. The van der Waals surface area contributed by atoms with E-state index in [4.69, 9.17) is 9.40 Å². The average molecular weight is 296 g/mol. The van der Waals surface area contributed by atoms with Crippen molar-refractivity contribution in [1.82, 2.24) is 19.9 Å². The van der Waals surface area contributed by atoms with Crippen molar-refractivity contribution in [2.75, 3.05) is 13.1 Å². The predicted molar refractivity (Wildman–Crippen MR) is 84.6 cm³/mol. The van der Waals surface area contributed by atoms with E-state index in [9.17, 15) is 0 Å². The summed E-state index contributed by atoms with van der Waals surface area (Å²) < 4.78 is 7.72. The van der Waals surface area contributed by atoms with E-state index in [2.05, 4.69) is 14.9 Å². The summed E-state index contributed by atoms with van der Waals surface area (Å²) in [6.45, 7) is 2.92. The van der Waals surface area contributed by atoms with E-state index in [1.54, 1.807) is 6.26 Å². The maximum Gasteiger partial charge on any atom is 0.160 e. The molecular formula is C17H20N4O. The van der Waals surface area contributed by atoms with Crippen molar-refractivity contribution in [3.05, 3.63) is 48.3 Å². The van der Waals surface area contributed by atoms with Crippen LogP contribution in [0.2, 0.25) is 0 Å². The first-order chi connectivity index (χ1) is 10.9. The van der Waals surface area contributed by atoms with Crippen molar-refractivity contribution in [2.24, 2.45) is 5.92 Å². The summed E-state index contributed by atoms with van der Waals surface area (Å²) in [5.41, 5.74) is 1.92. The highest BCUT2D eigenvalue weighted by Gasteiger charge is 2.19. The molecule has 1 aliphatic heterocycles. The number of rotatable bonds is 4. The first-order valence-electron chi connectivity index (χ1n) is 7.93. The van der Waals surface area contributed by atoms with Crippen molar-refractivity contribution >= 4 is 11.2 Å². The molecule has 3 aromatic heterocycles. The van der Waals surface area contributed by atoms with E-state index in [1.807, 2.05) is 30.5 Å². The molecule has 3 aromatic rings. The molecule has 4 heterocycles. The van der Waals surface area contributed by atoms with Gasteiger partial charge in [0.1, 0.15) is 17.1 Å². The van der Waals surface area contributed by atoms with Crippen molar-refractivity contribution in [1.29, 1.82) is 0 Å². The molecule has 22 heavy (non-hydrogen) atoms. The lowest BCUT2D eigenvalue weighted by Crippen LogP contribution is -2.29. The van der Waals surface area contributed by atoms with E-state index in [0.29, 0.717) is 12.5 Å². The molecule has 0 spiro atoms. The van der Waals surface area contributed by atoms with Gasteiger partial charge in [0.2, 0.25) is 0 Å². The standard InChI is InChI=1S/C17H20N4O/c1-4-15-17(19-7-1)21(12-14-3-2-10-22-14)16(20-15)11-13-5-8-18-9-6-13/h1-4,7,10,13,18H,5-6,8-9,11-12H2. The highest BCUT2D eigenvalue weighted by Crippen LogP contribution is 2.22. The van der Waals surface area contributed by atoms with Crippen LogP contribution in [0.3, 0.4) is 0 Å². The van der Waals surface area contributed by atoms with Crippen LogP contribution in [0.1, 0.15) is 24.4 Å². The molecule has 0 atom stereocenters. The molecule has 0 aliphatic carbocycles. The number of imidazole rings is 1. The molecule has 0 saturated carbocycles. The van der Waals surface area contributed by atoms with E-state index in [0.717, 1.165) is 42.3 Å². The number of piperidine rings is 1. The Balaban J connectivity index is 1.69. The van der Waals surface area contributed by atoms with Gasteiger partial charge in [-0.3, -0.25) is 0 Å². The Morgan fingerprint density at radius 1 is 1.23 bits per heavy atom. The number of pyridine rings is 1. The Labute approximate surface area is 129 Å². The topological polar surface area (TPSA) is 55.9 Å². The Morgan fingerprint density at radius 2 is 2.14 bits per heavy atom. The highest BCUT2D eigenvalue weighted by atomic mass is 16.3. The van der Waals surface area contributed by atoms with Crippen LogP contribution in [0.15, 0.2) is 41.1 Å². The van der Waals surface area contributed by atoms with Gasteiger partial charge < -0.3 is 14.3 Å². The van der Waals surface area contributed by atoms with E-state index < -0.39 is 0 Å².